The number of anilines is 1. The largest absolute Gasteiger partial charge is 0.494 e. The van der Waals surface area contributed by atoms with E-state index in [1.807, 2.05) is 24.3 Å². The molecule has 0 bridgehead atoms. The predicted molar refractivity (Wildman–Crippen MR) is 106 cm³/mol. The Kier molecular flexibility index (Phi) is 6.09. The molecule has 0 radical (unpaired) electrons. The summed E-state index contributed by atoms with van der Waals surface area (Å²) in [6.07, 6.45) is 4.69. The fourth-order valence-corrected chi connectivity index (χ4v) is 3.14. The number of amides is 2. The van der Waals surface area contributed by atoms with Gasteiger partial charge in [-0.1, -0.05) is 18.2 Å². The summed E-state index contributed by atoms with van der Waals surface area (Å²) in [5, 5.41) is 0. The van der Waals surface area contributed by atoms with Gasteiger partial charge in [-0.25, -0.2) is 4.39 Å². The first-order chi connectivity index (χ1) is 13.5. The maximum atomic E-state index is 13.8. The van der Waals surface area contributed by atoms with Crippen molar-refractivity contribution in [1.29, 1.82) is 0 Å². The van der Waals surface area contributed by atoms with E-state index in [0.717, 1.165) is 24.2 Å². The number of benzene rings is 2. The molecule has 2 aromatic rings. The summed E-state index contributed by atoms with van der Waals surface area (Å²) in [5.74, 6) is -0.310. The first-order valence-electron chi connectivity index (χ1n) is 9.14. The van der Waals surface area contributed by atoms with Crippen LogP contribution in [0.4, 0.5) is 10.1 Å². The average Bonchev–Trinajstić information content (AvgIpc) is 3.12. The normalized spacial score (nSPS) is 14.0. The lowest BCUT2D eigenvalue weighted by molar-refractivity contribution is -0.125. The van der Waals surface area contributed by atoms with E-state index in [1.54, 1.807) is 30.2 Å². The Labute approximate surface area is 164 Å². The number of methoxy groups -OCH3 is 1. The first-order valence-corrected chi connectivity index (χ1v) is 9.14. The van der Waals surface area contributed by atoms with Crippen LogP contribution in [0, 0.1) is 5.82 Å². The minimum atomic E-state index is -0.451. The Morgan fingerprint density at radius 3 is 2.61 bits per heavy atom. The third-order valence-corrected chi connectivity index (χ3v) is 4.71. The third-order valence-electron chi connectivity index (χ3n) is 4.71. The van der Waals surface area contributed by atoms with E-state index in [0.29, 0.717) is 18.5 Å². The number of halogens is 1. The van der Waals surface area contributed by atoms with Crippen molar-refractivity contribution in [2.24, 2.45) is 0 Å². The Hall–Kier alpha value is -3.15. The van der Waals surface area contributed by atoms with Crippen LogP contribution in [0.25, 0.3) is 6.08 Å². The van der Waals surface area contributed by atoms with Crippen LogP contribution in [0.5, 0.6) is 5.75 Å². The van der Waals surface area contributed by atoms with Crippen LogP contribution in [-0.4, -0.2) is 37.4 Å². The molecule has 2 aromatic carbocycles. The van der Waals surface area contributed by atoms with Gasteiger partial charge in [-0.15, -0.1) is 0 Å². The highest BCUT2D eigenvalue weighted by atomic mass is 19.1. The van der Waals surface area contributed by atoms with Crippen LogP contribution in [0.1, 0.15) is 24.0 Å². The van der Waals surface area contributed by atoms with Gasteiger partial charge in [0.1, 0.15) is 0 Å². The summed E-state index contributed by atoms with van der Waals surface area (Å²) in [6, 6.07) is 12.2. The van der Waals surface area contributed by atoms with Gasteiger partial charge < -0.3 is 14.5 Å². The summed E-state index contributed by atoms with van der Waals surface area (Å²) in [4.78, 5) is 27.4. The van der Waals surface area contributed by atoms with Crippen molar-refractivity contribution >= 4 is 23.6 Å². The molecule has 0 spiro atoms. The van der Waals surface area contributed by atoms with Gasteiger partial charge in [0.15, 0.2) is 11.6 Å². The molecule has 1 heterocycles. The van der Waals surface area contributed by atoms with Crippen molar-refractivity contribution < 1.29 is 18.7 Å². The van der Waals surface area contributed by atoms with Crippen molar-refractivity contribution in [3.63, 3.8) is 0 Å². The van der Waals surface area contributed by atoms with Crippen molar-refractivity contribution in [3.05, 3.63) is 65.5 Å². The number of hydrogen-bond acceptors (Lipinski definition) is 3. The summed E-state index contributed by atoms with van der Waals surface area (Å²) >= 11 is 0. The molecule has 5 nitrogen and oxygen atoms in total. The van der Waals surface area contributed by atoms with Crippen molar-refractivity contribution in [1.82, 2.24) is 4.90 Å². The molecule has 6 heteroatoms. The number of ether oxygens (including phenoxy) is 1. The van der Waals surface area contributed by atoms with E-state index < -0.39 is 5.82 Å². The Morgan fingerprint density at radius 1 is 1.25 bits per heavy atom. The highest BCUT2D eigenvalue weighted by Crippen LogP contribution is 2.22. The molecule has 0 saturated carbocycles. The number of rotatable bonds is 6. The molecular weight excluding hydrogens is 359 g/mol. The maximum absolute atomic E-state index is 13.8. The number of hydrogen-bond donors (Lipinski definition) is 0. The minimum Gasteiger partial charge on any atom is -0.494 e. The maximum Gasteiger partial charge on any atom is 0.246 e. The third kappa shape index (κ3) is 4.57. The van der Waals surface area contributed by atoms with Gasteiger partial charge in [0.2, 0.25) is 11.8 Å². The van der Waals surface area contributed by atoms with Crippen LogP contribution in [0.3, 0.4) is 0 Å². The van der Waals surface area contributed by atoms with Crippen LogP contribution < -0.4 is 9.64 Å². The highest BCUT2D eigenvalue weighted by molar-refractivity contribution is 5.95. The van der Waals surface area contributed by atoms with E-state index in [2.05, 4.69) is 0 Å². The van der Waals surface area contributed by atoms with Gasteiger partial charge in [-0.3, -0.25) is 9.59 Å². The molecule has 0 unspecified atom stereocenters. The molecule has 146 valence electrons. The smallest absolute Gasteiger partial charge is 0.246 e. The van der Waals surface area contributed by atoms with Crippen LogP contribution in [0.15, 0.2) is 48.5 Å². The first kappa shape index (κ1) is 19.6. The molecule has 3 rings (SSSR count). The second kappa shape index (κ2) is 8.69. The summed E-state index contributed by atoms with van der Waals surface area (Å²) in [7, 11) is 3.07. The van der Waals surface area contributed by atoms with Crippen molar-refractivity contribution in [2.45, 2.75) is 19.4 Å². The van der Waals surface area contributed by atoms with Gasteiger partial charge >= 0.3 is 0 Å². The van der Waals surface area contributed by atoms with Gasteiger partial charge in [0.05, 0.1) is 7.11 Å². The Balaban J connectivity index is 1.59. The molecule has 0 aliphatic carbocycles. The quantitative estimate of drug-likeness (QED) is 0.717. The lowest BCUT2D eigenvalue weighted by Crippen LogP contribution is -2.24. The van der Waals surface area contributed by atoms with Gasteiger partial charge in [-0.2, -0.15) is 0 Å². The SMILES string of the molecule is COc1ccc(CN(C)C(=O)/C=C/c2ccc(N3CCCC3=O)cc2)cc1F. The molecule has 1 saturated heterocycles. The van der Waals surface area contributed by atoms with E-state index in [1.165, 1.54) is 24.2 Å². The molecule has 28 heavy (non-hydrogen) atoms. The number of nitrogens with zero attached hydrogens (tertiary/aromatic N) is 2. The lowest BCUT2D eigenvalue weighted by atomic mass is 10.1. The molecule has 0 aromatic heterocycles. The Morgan fingerprint density at radius 2 is 2.00 bits per heavy atom. The van der Waals surface area contributed by atoms with Gasteiger partial charge in [0, 0.05) is 38.3 Å². The zero-order valence-corrected chi connectivity index (χ0v) is 16.0. The fourth-order valence-electron chi connectivity index (χ4n) is 3.14. The molecule has 1 aliphatic heterocycles. The van der Waals surface area contributed by atoms with E-state index in [-0.39, 0.29) is 17.6 Å². The zero-order chi connectivity index (χ0) is 20.1. The fraction of sp³-hybridized carbons (Fsp3) is 0.273. The summed E-state index contributed by atoms with van der Waals surface area (Å²) in [5.41, 5.74) is 2.43. The lowest BCUT2D eigenvalue weighted by Gasteiger charge is -2.16. The predicted octanol–water partition coefficient (Wildman–Crippen LogP) is 3.63. The summed E-state index contributed by atoms with van der Waals surface area (Å²) in [6.45, 7) is 1.04. The molecule has 1 aliphatic rings. The second-order valence-corrected chi connectivity index (χ2v) is 6.74. The number of carbonyl (C=O) groups excluding carboxylic acids is 2. The molecule has 2 amide bonds. The molecule has 0 N–H and O–H groups in total. The van der Waals surface area contributed by atoms with Crippen LogP contribution in [0.2, 0.25) is 0 Å². The summed E-state index contributed by atoms with van der Waals surface area (Å²) < 4.78 is 18.7. The highest BCUT2D eigenvalue weighted by Gasteiger charge is 2.21. The molecular formula is C22H23FN2O3. The molecule has 0 atom stereocenters. The number of likely N-dealkylation sites (N-methyl/N-ethyl adjacent to an activating group) is 1. The number of carbonyl (C=O) groups is 2. The topological polar surface area (TPSA) is 49.9 Å². The van der Waals surface area contributed by atoms with E-state index in [4.69, 9.17) is 4.74 Å². The average molecular weight is 382 g/mol. The van der Waals surface area contributed by atoms with E-state index in [9.17, 15) is 14.0 Å². The minimum absolute atomic E-state index is 0.148. The van der Waals surface area contributed by atoms with E-state index >= 15 is 0 Å². The zero-order valence-electron chi connectivity index (χ0n) is 16.0. The van der Waals surface area contributed by atoms with Gasteiger partial charge in [0.25, 0.3) is 0 Å². The standard InChI is InChI=1S/C22H23FN2O3/c1-24(15-17-7-11-20(28-2)19(23)14-17)21(26)12-8-16-5-9-18(10-6-16)25-13-3-4-22(25)27/h5-12,14H,3-4,13,15H2,1-2H3/b12-8+. The van der Waals surface area contributed by atoms with Crippen LogP contribution >= 0.6 is 0 Å². The van der Waals surface area contributed by atoms with Crippen LogP contribution in [-0.2, 0) is 16.1 Å². The molecule has 1 fully saturated rings. The second-order valence-electron chi connectivity index (χ2n) is 6.74. The monoisotopic (exact) mass is 382 g/mol. The van der Waals surface area contributed by atoms with Crippen molar-refractivity contribution in [3.8, 4) is 5.75 Å². The van der Waals surface area contributed by atoms with Gasteiger partial charge in [-0.05, 0) is 47.9 Å². The Bertz CT molecular complexity index is 893. The van der Waals surface area contributed by atoms with Crippen molar-refractivity contribution in [2.75, 3.05) is 25.6 Å².